The van der Waals surface area contributed by atoms with Crippen molar-refractivity contribution < 1.29 is 14.7 Å². The predicted molar refractivity (Wildman–Crippen MR) is 70.3 cm³/mol. The molecule has 0 aliphatic rings. The fourth-order valence-corrected chi connectivity index (χ4v) is 1.65. The molecule has 2 rings (SSSR count). The van der Waals surface area contributed by atoms with Gasteiger partial charge >= 0.3 is 5.97 Å². The number of aromatic carboxylic acids is 1. The first-order chi connectivity index (χ1) is 9.08. The highest BCUT2D eigenvalue weighted by atomic mass is 16.4. The molecule has 96 valence electrons. The summed E-state index contributed by atoms with van der Waals surface area (Å²) < 4.78 is 0. The van der Waals surface area contributed by atoms with E-state index >= 15 is 0 Å². The molecule has 0 bridgehead atoms. The summed E-state index contributed by atoms with van der Waals surface area (Å²) in [7, 11) is 0. The summed E-state index contributed by atoms with van der Waals surface area (Å²) in [5.41, 5.74) is 1.78. The van der Waals surface area contributed by atoms with Gasteiger partial charge in [0.05, 0.1) is 17.4 Å². The smallest absolute Gasteiger partial charge is 0.337 e. The second kappa shape index (κ2) is 5.30. The van der Waals surface area contributed by atoms with E-state index < -0.39 is 5.97 Å². The van der Waals surface area contributed by atoms with E-state index in [1.54, 1.807) is 12.1 Å². The van der Waals surface area contributed by atoms with Crippen LogP contribution >= 0.6 is 0 Å². The standard InChI is InChI=1S/C14H12N2O3/c1-9-4-2-3-5-12(9)13(17)16-11-6-10(14(18)19)7-15-8-11/h2-8H,1H3,(H,16,17)(H,18,19). The molecule has 5 nitrogen and oxygen atoms in total. The van der Waals surface area contributed by atoms with Gasteiger partial charge in [-0.2, -0.15) is 0 Å². The van der Waals surface area contributed by atoms with Gasteiger partial charge in [0.1, 0.15) is 0 Å². The van der Waals surface area contributed by atoms with Gasteiger partial charge in [0, 0.05) is 11.8 Å². The van der Waals surface area contributed by atoms with Gasteiger partial charge in [-0.3, -0.25) is 9.78 Å². The number of hydrogen-bond acceptors (Lipinski definition) is 3. The number of carbonyl (C=O) groups is 2. The van der Waals surface area contributed by atoms with E-state index in [2.05, 4.69) is 10.3 Å². The molecule has 0 unspecified atom stereocenters. The number of pyridine rings is 1. The number of amides is 1. The van der Waals surface area contributed by atoms with Crippen molar-refractivity contribution in [3.63, 3.8) is 0 Å². The van der Waals surface area contributed by atoms with Crippen molar-refractivity contribution in [2.75, 3.05) is 5.32 Å². The molecule has 0 saturated carbocycles. The monoisotopic (exact) mass is 256 g/mol. The number of carbonyl (C=O) groups excluding carboxylic acids is 1. The minimum Gasteiger partial charge on any atom is -0.478 e. The molecular formula is C14H12N2O3. The van der Waals surface area contributed by atoms with E-state index in [0.29, 0.717) is 11.3 Å². The van der Waals surface area contributed by atoms with E-state index in [-0.39, 0.29) is 11.5 Å². The summed E-state index contributed by atoms with van der Waals surface area (Å²) in [6, 6.07) is 8.53. The average molecular weight is 256 g/mol. The molecule has 1 aromatic heterocycles. The lowest BCUT2D eigenvalue weighted by molar-refractivity contribution is 0.0696. The largest absolute Gasteiger partial charge is 0.478 e. The Hall–Kier alpha value is -2.69. The number of nitrogens with zero attached hydrogens (tertiary/aromatic N) is 1. The molecule has 0 aliphatic carbocycles. The van der Waals surface area contributed by atoms with Crippen molar-refractivity contribution in [3.8, 4) is 0 Å². The van der Waals surface area contributed by atoms with Gasteiger partial charge in [0.15, 0.2) is 0 Å². The molecule has 19 heavy (non-hydrogen) atoms. The minimum absolute atomic E-state index is 0.0302. The summed E-state index contributed by atoms with van der Waals surface area (Å²) in [6.45, 7) is 1.83. The maximum atomic E-state index is 12.0. The predicted octanol–water partition coefficient (Wildman–Crippen LogP) is 2.34. The van der Waals surface area contributed by atoms with Gasteiger partial charge in [0.25, 0.3) is 5.91 Å². The minimum atomic E-state index is -1.08. The van der Waals surface area contributed by atoms with Gasteiger partial charge in [-0.25, -0.2) is 4.79 Å². The highest BCUT2D eigenvalue weighted by Gasteiger charge is 2.10. The molecule has 0 aliphatic heterocycles. The fourth-order valence-electron chi connectivity index (χ4n) is 1.65. The van der Waals surface area contributed by atoms with E-state index in [9.17, 15) is 9.59 Å². The van der Waals surface area contributed by atoms with E-state index in [4.69, 9.17) is 5.11 Å². The Balaban J connectivity index is 2.22. The summed E-state index contributed by atoms with van der Waals surface area (Å²) in [4.78, 5) is 26.6. The second-order valence-corrected chi connectivity index (χ2v) is 4.04. The molecule has 1 aromatic carbocycles. The molecule has 5 heteroatoms. The molecule has 0 saturated heterocycles. The first kappa shape index (κ1) is 12.8. The van der Waals surface area contributed by atoms with Crippen LogP contribution in [0.15, 0.2) is 42.7 Å². The van der Waals surface area contributed by atoms with Crippen LogP contribution < -0.4 is 5.32 Å². The summed E-state index contributed by atoms with van der Waals surface area (Å²) in [5.74, 6) is -1.37. The SMILES string of the molecule is Cc1ccccc1C(=O)Nc1cncc(C(=O)O)c1. The van der Waals surface area contributed by atoms with Gasteiger partial charge in [0.2, 0.25) is 0 Å². The zero-order valence-corrected chi connectivity index (χ0v) is 10.3. The van der Waals surface area contributed by atoms with Crippen LogP contribution in [0, 0.1) is 6.92 Å². The molecule has 0 spiro atoms. The van der Waals surface area contributed by atoms with Crippen molar-refractivity contribution in [1.29, 1.82) is 0 Å². The molecule has 2 N–H and O–H groups in total. The molecule has 0 atom stereocenters. The third kappa shape index (κ3) is 2.95. The molecule has 2 aromatic rings. The first-order valence-corrected chi connectivity index (χ1v) is 5.63. The molecular weight excluding hydrogens is 244 g/mol. The van der Waals surface area contributed by atoms with Crippen LogP contribution in [0.4, 0.5) is 5.69 Å². The van der Waals surface area contributed by atoms with Crippen LogP contribution in [0.2, 0.25) is 0 Å². The fraction of sp³-hybridized carbons (Fsp3) is 0.0714. The molecule has 1 heterocycles. The third-order valence-corrected chi connectivity index (χ3v) is 2.63. The number of carboxylic acids is 1. The zero-order valence-electron chi connectivity index (χ0n) is 10.3. The number of hydrogen-bond donors (Lipinski definition) is 2. The zero-order chi connectivity index (χ0) is 13.8. The van der Waals surface area contributed by atoms with E-state index in [0.717, 1.165) is 5.56 Å². The van der Waals surface area contributed by atoms with E-state index in [1.165, 1.54) is 18.5 Å². The normalized spacial score (nSPS) is 9.95. The molecule has 1 amide bonds. The Labute approximate surface area is 109 Å². The van der Waals surface area contributed by atoms with Gasteiger partial charge in [-0.05, 0) is 24.6 Å². The van der Waals surface area contributed by atoms with Crippen molar-refractivity contribution in [2.45, 2.75) is 6.92 Å². The van der Waals surface area contributed by atoms with Crippen LogP contribution in [0.25, 0.3) is 0 Å². The lowest BCUT2D eigenvalue weighted by atomic mass is 10.1. The maximum absolute atomic E-state index is 12.0. The topological polar surface area (TPSA) is 79.3 Å². The van der Waals surface area contributed by atoms with Crippen molar-refractivity contribution >= 4 is 17.6 Å². The summed E-state index contributed by atoms with van der Waals surface area (Å²) in [5, 5.41) is 11.5. The van der Waals surface area contributed by atoms with Crippen LogP contribution in [0.1, 0.15) is 26.3 Å². The Morgan fingerprint density at radius 2 is 1.95 bits per heavy atom. The highest BCUT2D eigenvalue weighted by Crippen LogP contribution is 2.12. The number of benzene rings is 1. The number of nitrogens with one attached hydrogen (secondary N) is 1. The summed E-state index contributed by atoms with van der Waals surface area (Å²) in [6.07, 6.45) is 2.63. The Morgan fingerprint density at radius 3 is 2.63 bits per heavy atom. The summed E-state index contributed by atoms with van der Waals surface area (Å²) >= 11 is 0. The highest BCUT2D eigenvalue weighted by molar-refractivity contribution is 6.05. The molecule has 0 radical (unpaired) electrons. The number of rotatable bonds is 3. The third-order valence-electron chi connectivity index (χ3n) is 2.63. The number of anilines is 1. The van der Waals surface area contributed by atoms with Crippen molar-refractivity contribution in [3.05, 3.63) is 59.4 Å². The van der Waals surface area contributed by atoms with Gasteiger partial charge < -0.3 is 10.4 Å². The maximum Gasteiger partial charge on any atom is 0.337 e. The quantitative estimate of drug-likeness (QED) is 0.883. The number of carboxylic acid groups (broad SMARTS) is 1. The lowest BCUT2D eigenvalue weighted by Gasteiger charge is -2.07. The first-order valence-electron chi connectivity index (χ1n) is 5.63. The van der Waals surface area contributed by atoms with Crippen LogP contribution in [-0.2, 0) is 0 Å². The van der Waals surface area contributed by atoms with Crippen LogP contribution in [0.3, 0.4) is 0 Å². The Kier molecular flexibility index (Phi) is 3.56. The van der Waals surface area contributed by atoms with Crippen molar-refractivity contribution in [2.24, 2.45) is 0 Å². The van der Waals surface area contributed by atoms with Gasteiger partial charge in [-0.15, -0.1) is 0 Å². The van der Waals surface area contributed by atoms with Crippen molar-refractivity contribution in [1.82, 2.24) is 4.98 Å². The lowest BCUT2D eigenvalue weighted by Crippen LogP contribution is -2.14. The van der Waals surface area contributed by atoms with E-state index in [1.807, 2.05) is 19.1 Å². The van der Waals surface area contributed by atoms with Crippen LogP contribution in [-0.4, -0.2) is 22.0 Å². The average Bonchev–Trinajstić information content (AvgIpc) is 2.39. The second-order valence-electron chi connectivity index (χ2n) is 4.04. The number of aryl methyl sites for hydroxylation is 1. The number of aromatic nitrogens is 1. The van der Waals surface area contributed by atoms with Gasteiger partial charge in [-0.1, -0.05) is 18.2 Å². The Bertz CT molecular complexity index is 638. The Morgan fingerprint density at radius 1 is 1.21 bits per heavy atom. The molecule has 0 fully saturated rings. The van der Waals surface area contributed by atoms with Crippen LogP contribution in [0.5, 0.6) is 0 Å².